The predicted molar refractivity (Wildman–Crippen MR) is 88.9 cm³/mol. The molecule has 0 saturated heterocycles. The van der Waals surface area contributed by atoms with Gasteiger partial charge >= 0.3 is 0 Å². The molecule has 3 nitrogen and oxygen atoms in total. The highest BCUT2D eigenvalue weighted by molar-refractivity contribution is 5.99. The minimum absolute atomic E-state index is 0.0467. The van der Waals surface area contributed by atoms with E-state index in [1.54, 1.807) is 0 Å². The van der Waals surface area contributed by atoms with Crippen LogP contribution in [-0.4, -0.2) is 19.0 Å². The van der Waals surface area contributed by atoms with E-state index in [0.29, 0.717) is 0 Å². The molecule has 0 aromatic heterocycles. The Kier molecular flexibility index (Phi) is 6.09. The number of aryl methyl sites for hydroxylation is 1. The van der Waals surface area contributed by atoms with Crippen LogP contribution >= 0.6 is 0 Å². The van der Waals surface area contributed by atoms with E-state index in [0.717, 1.165) is 42.2 Å². The zero-order chi connectivity index (χ0) is 15.1. The number of rotatable bonds is 6. The molecule has 0 aliphatic heterocycles. The predicted octanol–water partition coefficient (Wildman–Crippen LogP) is 4.13. The van der Waals surface area contributed by atoms with Crippen LogP contribution in [0.25, 0.3) is 0 Å². The molecule has 3 heteroatoms. The second-order valence-corrected chi connectivity index (χ2v) is 6.13. The Hall–Kier alpha value is -1.51. The molecule has 0 spiro atoms. The molecule has 1 aromatic rings. The van der Waals surface area contributed by atoms with Crippen molar-refractivity contribution >= 4 is 11.6 Å². The summed E-state index contributed by atoms with van der Waals surface area (Å²) in [5.41, 5.74) is 2.81. The summed E-state index contributed by atoms with van der Waals surface area (Å²) in [6.07, 6.45) is 7.90. The van der Waals surface area contributed by atoms with E-state index >= 15 is 0 Å². The van der Waals surface area contributed by atoms with E-state index in [1.807, 2.05) is 32.0 Å². The van der Waals surface area contributed by atoms with Gasteiger partial charge in [-0.15, -0.1) is 0 Å². The van der Waals surface area contributed by atoms with Gasteiger partial charge in [0.15, 0.2) is 0 Å². The maximum Gasteiger partial charge on any atom is 0.253 e. The van der Waals surface area contributed by atoms with Crippen molar-refractivity contribution < 1.29 is 4.79 Å². The third-order valence-electron chi connectivity index (χ3n) is 4.35. The standard InChI is InChI=1S/C18H28N2O/c1-3-19-17-10-9-14(2)13-16(17)18(21)20-12-11-15-7-5-4-6-8-15/h9-10,13,15,19H,3-8,11-12H2,1-2H3,(H,20,21). The lowest BCUT2D eigenvalue weighted by molar-refractivity contribution is 0.0951. The molecule has 2 N–H and O–H groups in total. The molecular weight excluding hydrogens is 260 g/mol. The van der Waals surface area contributed by atoms with Crippen molar-refractivity contribution in [2.75, 3.05) is 18.4 Å². The second-order valence-electron chi connectivity index (χ2n) is 6.13. The highest BCUT2D eigenvalue weighted by Crippen LogP contribution is 2.25. The third-order valence-corrected chi connectivity index (χ3v) is 4.35. The Morgan fingerprint density at radius 1 is 1.24 bits per heavy atom. The first-order valence-electron chi connectivity index (χ1n) is 8.33. The number of carbonyl (C=O) groups excluding carboxylic acids is 1. The molecule has 2 rings (SSSR count). The van der Waals surface area contributed by atoms with Gasteiger partial charge in [-0.2, -0.15) is 0 Å². The smallest absolute Gasteiger partial charge is 0.253 e. The Balaban J connectivity index is 1.88. The van der Waals surface area contributed by atoms with Crippen LogP contribution in [0.5, 0.6) is 0 Å². The van der Waals surface area contributed by atoms with Gasteiger partial charge in [0.1, 0.15) is 0 Å². The van der Waals surface area contributed by atoms with E-state index in [1.165, 1.54) is 32.1 Å². The molecule has 0 heterocycles. The first-order valence-corrected chi connectivity index (χ1v) is 8.33. The van der Waals surface area contributed by atoms with Crippen LogP contribution in [-0.2, 0) is 0 Å². The van der Waals surface area contributed by atoms with Crippen molar-refractivity contribution in [1.29, 1.82) is 0 Å². The van der Waals surface area contributed by atoms with Crippen LogP contribution in [0.1, 0.15) is 61.4 Å². The molecule has 0 radical (unpaired) electrons. The summed E-state index contributed by atoms with van der Waals surface area (Å²) in [4.78, 5) is 12.4. The van der Waals surface area contributed by atoms with Gasteiger partial charge in [-0.05, 0) is 38.3 Å². The molecule has 1 amide bonds. The van der Waals surface area contributed by atoms with Gasteiger partial charge in [0.2, 0.25) is 0 Å². The Morgan fingerprint density at radius 3 is 2.71 bits per heavy atom. The summed E-state index contributed by atoms with van der Waals surface area (Å²) >= 11 is 0. The highest BCUT2D eigenvalue weighted by atomic mass is 16.1. The van der Waals surface area contributed by atoms with Gasteiger partial charge < -0.3 is 10.6 Å². The number of benzene rings is 1. The van der Waals surface area contributed by atoms with Crippen LogP contribution in [0.4, 0.5) is 5.69 Å². The Labute approximate surface area is 128 Å². The van der Waals surface area contributed by atoms with Crippen LogP contribution < -0.4 is 10.6 Å². The number of hydrogen-bond acceptors (Lipinski definition) is 2. The minimum atomic E-state index is 0.0467. The molecule has 0 unspecified atom stereocenters. The summed E-state index contributed by atoms with van der Waals surface area (Å²) in [6.45, 7) is 5.69. The largest absolute Gasteiger partial charge is 0.385 e. The summed E-state index contributed by atoms with van der Waals surface area (Å²) in [5.74, 6) is 0.857. The van der Waals surface area contributed by atoms with Gasteiger partial charge in [-0.3, -0.25) is 4.79 Å². The fourth-order valence-corrected chi connectivity index (χ4v) is 3.15. The van der Waals surface area contributed by atoms with E-state index < -0.39 is 0 Å². The lowest BCUT2D eigenvalue weighted by atomic mass is 9.87. The molecule has 1 aliphatic carbocycles. The Morgan fingerprint density at radius 2 is 2.00 bits per heavy atom. The molecule has 116 valence electrons. The van der Waals surface area contributed by atoms with E-state index in [-0.39, 0.29) is 5.91 Å². The molecule has 0 atom stereocenters. The molecule has 21 heavy (non-hydrogen) atoms. The van der Waals surface area contributed by atoms with Crippen LogP contribution in [0.2, 0.25) is 0 Å². The molecule has 1 saturated carbocycles. The topological polar surface area (TPSA) is 41.1 Å². The summed E-state index contributed by atoms with van der Waals surface area (Å²) in [7, 11) is 0. The van der Waals surface area contributed by atoms with E-state index in [9.17, 15) is 4.79 Å². The average molecular weight is 288 g/mol. The van der Waals surface area contributed by atoms with E-state index in [2.05, 4.69) is 10.6 Å². The zero-order valence-corrected chi connectivity index (χ0v) is 13.4. The number of nitrogens with one attached hydrogen (secondary N) is 2. The maximum atomic E-state index is 12.4. The van der Waals surface area contributed by atoms with Crippen molar-refractivity contribution in [3.05, 3.63) is 29.3 Å². The zero-order valence-electron chi connectivity index (χ0n) is 13.4. The minimum Gasteiger partial charge on any atom is -0.385 e. The van der Waals surface area contributed by atoms with Crippen LogP contribution in [0.3, 0.4) is 0 Å². The Bertz CT molecular complexity index is 464. The van der Waals surface area contributed by atoms with Crippen LogP contribution in [0.15, 0.2) is 18.2 Å². The van der Waals surface area contributed by atoms with Crippen molar-refractivity contribution in [1.82, 2.24) is 5.32 Å². The van der Waals surface area contributed by atoms with Crippen molar-refractivity contribution in [3.63, 3.8) is 0 Å². The van der Waals surface area contributed by atoms with Crippen molar-refractivity contribution in [2.45, 2.75) is 52.4 Å². The fraction of sp³-hybridized carbons (Fsp3) is 0.611. The molecule has 1 fully saturated rings. The van der Waals surface area contributed by atoms with Crippen molar-refractivity contribution in [3.8, 4) is 0 Å². The number of anilines is 1. The van der Waals surface area contributed by atoms with E-state index in [4.69, 9.17) is 0 Å². The fourth-order valence-electron chi connectivity index (χ4n) is 3.15. The van der Waals surface area contributed by atoms with Gasteiger partial charge in [-0.1, -0.05) is 43.7 Å². The normalized spacial score (nSPS) is 15.7. The monoisotopic (exact) mass is 288 g/mol. The van der Waals surface area contributed by atoms with Gasteiger partial charge in [0, 0.05) is 18.8 Å². The van der Waals surface area contributed by atoms with Gasteiger partial charge in [0.25, 0.3) is 5.91 Å². The average Bonchev–Trinajstić information content (AvgIpc) is 2.50. The first kappa shape index (κ1) is 15.9. The summed E-state index contributed by atoms with van der Waals surface area (Å²) < 4.78 is 0. The lowest BCUT2D eigenvalue weighted by Gasteiger charge is -2.21. The number of amides is 1. The van der Waals surface area contributed by atoms with Gasteiger partial charge in [-0.25, -0.2) is 0 Å². The lowest BCUT2D eigenvalue weighted by Crippen LogP contribution is -2.27. The summed E-state index contributed by atoms with van der Waals surface area (Å²) in [5, 5.41) is 6.36. The molecule has 1 aliphatic rings. The SMILES string of the molecule is CCNc1ccc(C)cc1C(=O)NCCC1CCCCC1. The molecule has 1 aromatic carbocycles. The van der Waals surface area contributed by atoms with Crippen LogP contribution in [0, 0.1) is 12.8 Å². The van der Waals surface area contributed by atoms with Crippen molar-refractivity contribution in [2.24, 2.45) is 5.92 Å². The first-order chi connectivity index (χ1) is 10.2. The summed E-state index contributed by atoms with van der Waals surface area (Å²) in [6, 6.07) is 6.00. The van der Waals surface area contributed by atoms with Gasteiger partial charge in [0.05, 0.1) is 5.56 Å². The molecule has 0 bridgehead atoms. The molecular formula is C18H28N2O. The number of carbonyl (C=O) groups is 1. The third kappa shape index (κ3) is 4.76. The maximum absolute atomic E-state index is 12.4. The number of hydrogen-bond donors (Lipinski definition) is 2. The highest BCUT2D eigenvalue weighted by Gasteiger charge is 2.15. The quantitative estimate of drug-likeness (QED) is 0.826. The second kappa shape index (κ2) is 8.06.